The molecule has 0 aliphatic heterocycles. The van der Waals surface area contributed by atoms with Crippen LogP contribution >= 0.6 is 11.6 Å². The number of rotatable bonds is 4. The van der Waals surface area contributed by atoms with E-state index in [0.717, 1.165) is 30.0 Å². The Labute approximate surface area is 117 Å². The number of nitrogens with zero attached hydrogens (tertiary/aromatic N) is 3. The zero-order chi connectivity index (χ0) is 13.8. The molecule has 0 atom stereocenters. The zero-order valence-corrected chi connectivity index (χ0v) is 11.7. The second-order valence-corrected chi connectivity index (χ2v) is 4.66. The minimum atomic E-state index is 0.592. The Morgan fingerprint density at radius 1 is 1.47 bits per heavy atom. The first-order valence-electron chi connectivity index (χ1n) is 6.11. The van der Waals surface area contributed by atoms with Gasteiger partial charge in [0, 0.05) is 12.7 Å². The molecule has 0 saturated heterocycles. The molecule has 0 aliphatic rings. The maximum absolute atomic E-state index is 9.26. The van der Waals surface area contributed by atoms with Gasteiger partial charge in [-0.25, -0.2) is 4.68 Å². The van der Waals surface area contributed by atoms with Crippen LogP contribution in [0.4, 0.5) is 0 Å². The first-order chi connectivity index (χ1) is 9.15. The van der Waals surface area contributed by atoms with Crippen LogP contribution in [0.1, 0.15) is 23.7 Å². The lowest BCUT2D eigenvalue weighted by molar-refractivity contribution is 0.726. The molecule has 0 amide bonds. The molecule has 19 heavy (non-hydrogen) atoms. The third-order valence-corrected chi connectivity index (χ3v) is 3.22. The van der Waals surface area contributed by atoms with Gasteiger partial charge < -0.3 is 5.32 Å². The predicted molar refractivity (Wildman–Crippen MR) is 75.4 cm³/mol. The van der Waals surface area contributed by atoms with Gasteiger partial charge in [-0.05, 0) is 31.2 Å². The van der Waals surface area contributed by atoms with Crippen LogP contribution in [0.3, 0.4) is 0 Å². The molecule has 98 valence electrons. The molecule has 0 saturated carbocycles. The van der Waals surface area contributed by atoms with Crippen molar-refractivity contribution >= 4 is 11.6 Å². The third kappa shape index (κ3) is 2.95. The van der Waals surface area contributed by atoms with E-state index < -0.39 is 0 Å². The Bertz CT molecular complexity index is 605. The molecule has 1 heterocycles. The van der Waals surface area contributed by atoms with Crippen molar-refractivity contribution in [3.63, 3.8) is 0 Å². The summed E-state index contributed by atoms with van der Waals surface area (Å²) >= 11 is 6.00. The predicted octanol–water partition coefficient (Wildman–Crippen LogP) is 2.82. The van der Waals surface area contributed by atoms with Crippen LogP contribution in [0.5, 0.6) is 0 Å². The summed E-state index contributed by atoms with van der Waals surface area (Å²) in [5.41, 5.74) is 3.17. The number of aryl methyl sites for hydroxylation is 1. The average molecular weight is 275 g/mol. The fourth-order valence-electron chi connectivity index (χ4n) is 1.81. The van der Waals surface area contributed by atoms with Crippen molar-refractivity contribution < 1.29 is 0 Å². The summed E-state index contributed by atoms with van der Waals surface area (Å²) in [4.78, 5) is 0. The van der Waals surface area contributed by atoms with E-state index >= 15 is 0 Å². The van der Waals surface area contributed by atoms with E-state index in [9.17, 15) is 5.26 Å². The molecule has 1 N–H and O–H groups in total. The minimum absolute atomic E-state index is 0.592. The van der Waals surface area contributed by atoms with Crippen LogP contribution in [0.2, 0.25) is 5.02 Å². The number of benzene rings is 1. The molecule has 1 aromatic heterocycles. The molecule has 0 radical (unpaired) electrons. The highest BCUT2D eigenvalue weighted by molar-refractivity contribution is 6.31. The SMILES string of the molecule is CCNCc1ccc(-n2cc(Cl)c(C)n2)c(C#N)c1. The molecular formula is C14H15ClN4. The van der Waals surface area contributed by atoms with Crippen LogP contribution in [0.15, 0.2) is 24.4 Å². The van der Waals surface area contributed by atoms with Crippen molar-refractivity contribution in [2.75, 3.05) is 6.54 Å². The fourth-order valence-corrected chi connectivity index (χ4v) is 1.94. The highest BCUT2D eigenvalue weighted by Crippen LogP contribution is 2.20. The van der Waals surface area contributed by atoms with Crippen molar-refractivity contribution in [1.29, 1.82) is 5.26 Å². The van der Waals surface area contributed by atoms with Crippen LogP contribution in [0.25, 0.3) is 5.69 Å². The summed E-state index contributed by atoms with van der Waals surface area (Å²) in [7, 11) is 0. The zero-order valence-electron chi connectivity index (χ0n) is 10.9. The number of aromatic nitrogens is 2. The van der Waals surface area contributed by atoms with Crippen molar-refractivity contribution in [2.45, 2.75) is 20.4 Å². The molecule has 1 aromatic carbocycles. The molecule has 2 aromatic rings. The van der Waals surface area contributed by atoms with Crippen molar-refractivity contribution in [3.05, 3.63) is 46.2 Å². The average Bonchev–Trinajstić information content (AvgIpc) is 2.75. The Morgan fingerprint density at radius 3 is 2.84 bits per heavy atom. The Hall–Kier alpha value is -1.83. The Kier molecular flexibility index (Phi) is 4.20. The molecule has 0 fully saturated rings. The maximum atomic E-state index is 9.26. The van der Waals surface area contributed by atoms with Gasteiger partial charge in [-0.15, -0.1) is 0 Å². The highest BCUT2D eigenvalue weighted by atomic mass is 35.5. The number of halogens is 1. The molecular weight excluding hydrogens is 260 g/mol. The monoisotopic (exact) mass is 274 g/mol. The summed E-state index contributed by atoms with van der Waals surface area (Å²) < 4.78 is 1.65. The quantitative estimate of drug-likeness (QED) is 0.933. The van der Waals surface area contributed by atoms with E-state index in [1.54, 1.807) is 10.9 Å². The van der Waals surface area contributed by atoms with Crippen molar-refractivity contribution in [3.8, 4) is 11.8 Å². The smallest absolute Gasteiger partial charge is 0.101 e. The van der Waals surface area contributed by atoms with Gasteiger partial charge in [-0.2, -0.15) is 10.4 Å². The number of hydrogen-bond donors (Lipinski definition) is 1. The third-order valence-electron chi connectivity index (χ3n) is 2.85. The van der Waals surface area contributed by atoms with Crippen molar-refractivity contribution in [2.24, 2.45) is 0 Å². The largest absolute Gasteiger partial charge is 0.313 e. The van der Waals surface area contributed by atoms with Crippen LogP contribution in [-0.2, 0) is 6.54 Å². The summed E-state index contributed by atoms with van der Waals surface area (Å²) in [6.07, 6.45) is 1.72. The van der Waals surface area contributed by atoms with Gasteiger partial charge in [0.2, 0.25) is 0 Å². The topological polar surface area (TPSA) is 53.6 Å². The summed E-state index contributed by atoms with van der Waals surface area (Å²) in [5.74, 6) is 0. The Balaban J connectivity index is 2.39. The normalized spacial score (nSPS) is 10.4. The lowest BCUT2D eigenvalue weighted by Gasteiger charge is -2.07. The lowest BCUT2D eigenvalue weighted by atomic mass is 10.1. The summed E-state index contributed by atoms with van der Waals surface area (Å²) in [5, 5.41) is 17.4. The van der Waals surface area contributed by atoms with Crippen LogP contribution in [0, 0.1) is 18.3 Å². The number of nitrogens with one attached hydrogen (secondary N) is 1. The maximum Gasteiger partial charge on any atom is 0.101 e. The second kappa shape index (κ2) is 5.87. The lowest BCUT2D eigenvalue weighted by Crippen LogP contribution is -2.12. The molecule has 0 unspecified atom stereocenters. The van der Waals surface area contributed by atoms with E-state index in [0.29, 0.717) is 10.6 Å². The molecule has 0 aliphatic carbocycles. The molecule has 0 bridgehead atoms. The number of hydrogen-bond acceptors (Lipinski definition) is 3. The van der Waals surface area contributed by atoms with Gasteiger partial charge in [0.05, 0.1) is 22.0 Å². The van der Waals surface area contributed by atoms with Gasteiger partial charge in [0.15, 0.2) is 0 Å². The Morgan fingerprint density at radius 2 is 2.26 bits per heavy atom. The van der Waals surface area contributed by atoms with Crippen LogP contribution < -0.4 is 5.32 Å². The first kappa shape index (κ1) is 13.6. The molecule has 5 heteroatoms. The van der Waals surface area contributed by atoms with Gasteiger partial charge >= 0.3 is 0 Å². The van der Waals surface area contributed by atoms with E-state index in [4.69, 9.17) is 11.6 Å². The molecule has 2 rings (SSSR count). The fraction of sp³-hybridized carbons (Fsp3) is 0.286. The number of nitriles is 1. The van der Waals surface area contributed by atoms with E-state index in [2.05, 4.69) is 16.5 Å². The standard InChI is InChI=1S/C14H15ClN4/c1-3-17-8-11-4-5-14(12(6-11)7-16)19-9-13(15)10(2)18-19/h4-6,9,17H,3,8H2,1-2H3. The molecule has 4 nitrogen and oxygen atoms in total. The van der Waals surface area contributed by atoms with E-state index in [-0.39, 0.29) is 0 Å². The van der Waals surface area contributed by atoms with Gasteiger partial charge in [0.1, 0.15) is 6.07 Å². The van der Waals surface area contributed by atoms with E-state index in [1.807, 2.05) is 32.0 Å². The van der Waals surface area contributed by atoms with Crippen LogP contribution in [-0.4, -0.2) is 16.3 Å². The first-order valence-corrected chi connectivity index (χ1v) is 6.49. The van der Waals surface area contributed by atoms with Gasteiger partial charge in [0.25, 0.3) is 0 Å². The van der Waals surface area contributed by atoms with Gasteiger partial charge in [-0.3, -0.25) is 0 Å². The highest BCUT2D eigenvalue weighted by Gasteiger charge is 2.09. The summed E-state index contributed by atoms with van der Waals surface area (Å²) in [6, 6.07) is 7.97. The molecule has 0 spiro atoms. The van der Waals surface area contributed by atoms with Gasteiger partial charge in [-0.1, -0.05) is 24.6 Å². The van der Waals surface area contributed by atoms with E-state index in [1.165, 1.54) is 0 Å². The summed E-state index contributed by atoms with van der Waals surface area (Å²) in [6.45, 7) is 5.54. The second-order valence-electron chi connectivity index (χ2n) is 4.25. The minimum Gasteiger partial charge on any atom is -0.313 e. The van der Waals surface area contributed by atoms with Crippen molar-refractivity contribution in [1.82, 2.24) is 15.1 Å².